The lowest BCUT2D eigenvalue weighted by molar-refractivity contribution is -0.126. The largest absolute Gasteiger partial charge is 0.496 e. The summed E-state index contributed by atoms with van der Waals surface area (Å²) < 4.78 is 33.3. The Bertz CT molecular complexity index is 1190. The number of nitrogens with one attached hydrogen (secondary N) is 1. The van der Waals surface area contributed by atoms with Gasteiger partial charge in [0, 0.05) is 13.1 Å². The first-order chi connectivity index (χ1) is 16.4. The first-order valence-corrected chi connectivity index (χ1v) is 12.9. The number of carbonyl (C=O) groups excluding carboxylic acids is 1. The Morgan fingerprint density at radius 2 is 1.62 bits per heavy atom. The quantitative estimate of drug-likeness (QED) is 0.549. The average Bonchev–Trinajstić information content (AvgIpc) is 2.88. The fourth-order valence-corrected chi connectivity index (χ4v) is 6.05. The van der Waals surface area contributed by atoms with Gasteiger partial charge in [-0.3, -0.25) is 4.79 Å². The van der Waals surface area contributed by atoms with Crippen LogP contribution in [0, 0.1) is 12.8 Å². The number of hydrogen-bond donors (Lipinski definition) is 1. The molecule has 0 unspecified atom stereocenters. The molecule has 1 aliphatic rings. The fourth-order valence-electron chi connectivity index (χ4n) is 4.45. The standard InChI is InChI=1S/C27H30N2O4S/c1-20-18-24(15-16-25(20)33-2)34(31,32)29-17-9-14-23(19-29)27(30)28-26(21-10-5-3-6-11-21)22-12-7-4-8-13-22/h3-8,10-13,15-16,18,23,26H,9,14,17,19H2,1-2H3,(H,28,30)/t23-/m0/s1. The number of amides is 1. The molecule has 178 valence electrons. The van der Waals surface area contributed by atoms with E-state index in [4.69, 9.17) is 4.74 Å². The van der Waals surface area contributed by atoms with Gasteiger partial charge < -0.3 is 10.1 Å². The molecule has 1 fully saturated rings. The molecule has 7 heteroatoms. The van der Waals surface area contributed by atoms with Crippen molar-refractivity contribution in [3.63, 3.8) is 0 Å². The zero-order chi connectivity index (χ0) is 24.1. The minimum Gasteiger partial charge on any atom is -0.496 e. The van der Waals surface area contributed by atoms with Crippen LogP contribution in [-0.2, 0) is 14.8 Å². The zero-order valence-electron chi connectivity index (χ0n) is 19.5. The summed E-state index contributed by atoms with van der Waals surface area (Å²) in [5, 5.41) is 3.18. The van der Waals surface area contributed by atoms with Crippen LogP contribution in [0.4, 0.5) is 0 Å². The molecule has 1 saturated heterocycles. The Hall–Kier alpha value is -3.16. The van der Waals surface area contributed by atoms with Gasteiger partial charge in [-0.25, -0.2) is 8.42 Å². The van der Waals surface area contributed by atoms with E-state index in [2.05, 4.69) is 5.32 Å². The van der Waals surface area contributed by atoms with E-state index >= 15 is 0 Å². The first kappa shape index (κ1) is 24.0. The molecule has 1 N–H and O–H groups in total. The topological polar surface area (TPSA) is 75.7 Å². The molecular weight excluding hydrogens is 448 g/mol. The minimum atomic E-state index is -3.71. The van der Waals surface area contributed by atoms with Gasteiger partial charge in [0.15, 0.2) is 0 Å². The Labute approximate surface area is 201 Å². The molecule has 4 rings (SSSR count). The van der Waals surface area contributed by atoms with Crippen LogP contribution in [0.3, 0.4) is 0 Å². The molecule has 0 aromatic heterocycles. The maximum absolute atomic E-state index is 13.4. The average molecular weight is 479 g/mol. The number of piperidine rings is 1. The van der Waals surface area contributed by atoms with Gasteiger partial charge in [0.1, 0.15) is 5.75 Å². The second-order valence-electron chi connectivity index (χ2n) is 8.60. The summed E-state index contributed by atoms with van der Waals surface area (Å²) in [7, 11) is -2.15. The molecule has 0 radical (unpaired) electrons. The molecule has 0 spiro atoms. The zero-order valence-corrected chi connectivity index (χ0v) is 20.3. The number of aryl methyl sites for hydroxylation is 1. The summed E-state index contributed by atoms with van der Waals surface area (Å²) in [5.74, 6) is 0.0871. The smallest absolute Gasteiger partial charge is 0.243 e. The van der Waals surface area contributed by atoms with Gasteiger partial charge in [0.25, 0.3) is 0 Å². The predicted molar refractivity (Wildman–Crippen MR) is 132 cm³/mol. The number of carbonyl (C=O) groups is 1. The first-order valence-electron chi connectivity index (χ1n) is 11.4. The van der Waals surface area contributed by atoms with Crippen LogP contribution in [0.25, 0.3) is 0 Å². The van der Waals surface area contributed by atoms with Crippen molar-refractivity contribution in [2.45, 2.75) is 30.7 Å². The molecule has 6 nitrogen and oxygen atoms in total. The van der Waals surface area contributed by atoms with Crippen molar-refractivity contribution < 1.29 is 17.9 Å². The van der Waals surface area contributed by atoms with Crippen LogP contribution in [0.15, 0.2) is 83.8 Å². The van der Waals surface area contributed by atoms with E-state index in [9.17, 15) is 13.2 Å². The molecule has 0 bridgehead atoms. The summed E-state index contributed by atoms with van der Waals surface area (Å²) >= 11 is 0. The number of ether oxygens (including phenoxy) is 1. The molecule has 1 amide bonds. The molecule has 0 saturated carbocycles. The third-order valence-electron chi connectivity index (χ3n) is 6.31. The minimum absolute atomic E-state index is 0.136. The van der Waals surface area contributed by atoms with Crippen LogP contribution in [0.2, 0.25) is 0 Å². The second-order valence-corrected chi connectivity index (χ2v) is 10.5. The SMILES string of the molecule is COc1ccc(S(=O)(=O)N2CCC[C@H](C(=O)NC(c3ccccc3)c3ccccc3)C2)cc1C. The van der Waals surface area contributed by atoms with E-state index in [1.54, 1.807) is 25.3 Å². The number of rotatable bonds is 7. The van der Waals surface area contributed by atoms with E-state index < -0.39 is 15.9 Å². The highest BCUT2D eigenvalue weighted by Crippen LogP contribution is 2.28. The van der Waals surface area contributed by atoms with Crippen molar-refractivity contribution in [2.75, 3.05) is 20.2 Å². The van der Waals surface area contributed by atoms with Gasteiger partial charge in [-0.1, -0.05) is 60.7 Å². The highest BCUT2D eigenvalue weighted by Gasteiger charge is 2.34. The van der Waals surface area contributed by atoms with Crippen molar-refractivity contribution in [3.8, 4) is 5.75 Å². The number of sulfonamides is 1. The Morgan fingerprint density at radius 1 is 1.00 bits per heavy atom. The molecule has 0 aliphatic carbocycles. The molecule has 1 aliphatic heterocycles. The maximum atomic E-state index is 13.4. The number of benzene rings is 3. The number of methoxy groups -OCH3 is 1. The van der Waals surface area contributed by atoms with Crippen molar-refractivity contribution in [3.05, 3.63) is 95.6 Å². The third-order valence-corrected chi connectivity index (χ3v) is 8.17. The summed E-state index contributed by atoms with van der Waals surface area (Å²) in [6, 6.07) is 24.2. The van der Waals surface area contributed by atoms with E-state index in [0.29, 0.717) is 25.1 Å². The van der Waals surface area contributed by atoms with Gasteiger partial charge >= 0.3 is 0 Å². The molecule has 34 heavy (non-hydrogen) atoms. The van der Waals surface area contributed by atoms with Crippen molar-refractivity contribution >= 4 is 15.9 Å². The van der Waals surface area contributed by atoms with E-state index in [0.717, 1.165) is 16.7 Å². The third kappa shape index (κ3) is 5.16. The van der Waals surface area contributed by atoms with Crippen molar-refractivity contribution in [2.24, 2.45) is 5.92 Å². The Kier molecular flexibility index (Phi) is 7.34. The lowest BCUT2D eigenvalue weighted by Gasteiger charge is -2.32. The normalized spacial score (nSPS) is 16.9. The van der Waals surface area contributed by atoms with Crippen LogP contribution in [0.5, 0.6) is 5.75 Å². The van der Waals surface area contributed by atoms with Gasteiger partial charge in [-0.15, -0.1) is 0 Å². The van der Waals surface area contributed by atoms with Crippen LogP contribution in [-0.4, -0.2) is 38.8 Å². The summed E-state index contributed by atoms with van der Waals surface area (Å²) in [5.41, 5.74) is 2.72. The van der Waals surface area contributed by atoms with E-state index in [1.165, 1.54) is 4.31 Å². The Morgan fingerprint density at radius 3 is 2.18 bits per heavy atom. The molecule has 1 atom stereocenters. The number of hydrogen-bond acceptors (Lipinski definition) is 4. The second kappa shape index (κ2) is 10.4. The van der Waals surface area contributed by atoms with Crippen LogP contribution < -0.4 is 10.1 Å². The lowest BCUT2D eigenvalue weighted by Crippen LogP contribution is -2.46. The molecule has 3 aromatic carbocycles. The number of nitrogens with zero attached hydrogens (tertiary/aromatic N) is 1. The lowest BCUT2D eigenvalue weighted by atomic mass is 9.95. The van der Waals surface area contributed by atoms with Gasteiger partial charge in [0.2, 0.25) is 15.9 Å². The fraction of sp³-hybridized carbons (Fsp3) is 0.296. The highest BCUT2D eigenvalue weighted by molar-refractivity contribution is 7.89. The maximum Gasteiger partial charge on any atom is 0.243 e. The monoisotopic (exact) mass is 478 g/mol. The van der Waals surface area contributed by atoms with E-state index in [1.807, 2.05) is 67.6 Å². The molecular formula is C27H30N2O4S. The molecule has 1 heterocycles. The summed E-state index contributed by atoms with van der Waals surface area (Å²) in [6.07, 6.45) is 1.28. The summed E-state index contributed by atoms with van der Waals surface area (Å²) in [4.78, 5) is 13.6. The van der Waals surface area contributed by atoms with Crippen LogP contribution in [0.1, 0.15) is 35.6 Å². The van der Waals surface area contributed by atoms with Crippen molar-refractivity contribution in [1.29, 1.82) is 0 Å². The van der Waals surface area contributed by atoms with Gasteiger partial charge in [0.05, 0.1) is 24.0 Å². The predicted octanol–water partition coefficient (Wildman–Crippen LogP) is 4.31. The highest BCUT2D eigenvalue weighted by atomic mass is 32.2. The summed E-state index contributed by atoms with van der Waals surface area (Å²) in [6.45, 7) is 2.38. The van der Waals surface area contributed by atoms with Crippen molar-refractivity contribution in [1.82, 2.24) is 9.62 Å². The molecule has 3 aromatic rings. The van der Waals surface area contributed by atoms with E-state index in [-0.39, 0.29) is 23.4 Å². The Balaban J connectivity index is 1.53. The van der Waals surface area contributed by atoms with Crippen LogP contribution >= 0.6 is 0 Å². The van der Waals surface area contributed by atoms with Gasteiger partial charge in [-0.2, -0.15) is 4.31 Å². The van der Waals surface area contributed by atoms with Gasteiger partial charge in [-0.05, 0) is 54.7 Å².